The second kappa shape index (κ2) is 6.36. The van der Waals surface area contributed by atoms with Gasteiger partial charge in [-0.25, -0.2) is 0 Å². The van der Waals surface area contributed by atoms with Crippen LogP contribution in [0, 0.1) is 0 Å². The third kappa shape index (κ3) is 6.41. The summed E-state index contributed by atoms with van der Waals surface area (Å²) in [6.45, 7) is 2.54. The molecule has 0 aromatic heterocycles. The average Bonchev–Trinajstić information content (AvgIpc) is 2.10. The highest BCUT2D eigenvalue weighted by molar-refractivity contribution is 9.10. The summed E-state index contributed by atoms with van der Waals surface area (Å²) in [5, 5.41) is 2.32. The number of halogens is 1. The van der Waals surface area contributed by atoms with Gasteiger partial charge in [0.15, 0.2) is 0 Å². The Bertz CT molecular complexity index is 242. The highest BCUT2D eigenvalue weighted by atomic mass is 79.9. The van der Waals surface area contributed by atoms with Crippen molar-refractivity contribution in [2.75, 3.05) is 6.54 Å². The first-order valence-corrected chi connectivity index (χ1v) is 4.73. The lowest BCUT2D eigenvalue weighted by atomic mass is 10.4. The SMILES string of the molecule is CC(=O)ONC(=O)CNC(=O)C(C)Br. The smallest absolute Gasteiger partial charge is 0.329 e. The quantitative estimate of drug-likeness (QED) is 0.532. The molecule has 0 aliphatic rings. The topological polar surface area (TPSA) is 84.5 Å². The Morgan fingerprint density at radius 1 is 1.43 bits per heavy atom. The van der Waals surface area contributed by atoms with Gasteiger partial charge in [0.05, 0.1) is 11.4 Å². The predicted molar refractivity (Wildman–Crippen MR) is 51.3 cm³/mol. The van der Waals surface area contributed by atoms with Crippen LogP contribution in [0.2, 0.25) is 0 Å². The number of hydroxylamine groups is 1. The highest BCUT2D eigenvalue weighted by Crippen LogP contribution is 1.95. The van der Waals surface area contributed by atoms with Crippen LogP contribution in [0.5, 0.6) is 0 Å². The minimum Gasteiger partial charge on any atom is -0.346 e. The van der Waals surface area contributed by atoms with Crippen LogP contribution in [0.15, 0.2) is 0 Å². The van der Waals surface area contributed by atoms with E-state index in [-0.39, 0.29) is 17.3 Å². The molecule has 7 heteroatoms. The molecule has 0 aromatic rings. The lowest BCUT2D eigenvalue weighted by molar-refractivity contribution is -0.155. The Morgan fingerprint density at radius 2 is 2.00 bits per heavy atom. The van der Waals surface area contributed by atoms with Gasteiger partial charge in [-0.05, 0) is 6.92 Å². The van der Waals surface area contributed by atoms with Gasteiger partial charge >= 0.3 is 5.97 Å². The number of carbonyl (C=O) groups is 3. The Balaban J connectivity index is 3.64. The largest absolute Gasteiger partial charge is 0.346 e. The summed E-state index contributed by atoms with van der Waals surface area (Å²) in [7, 11) is 0. The zero-order valence-electron chi connectivity index (χ0n) is 7.80. The maximum atomic E-state index is 10.9. The molecule has 0 rings (SSSR count). The monoisotopic (exact) mass is 266 g/mol. The molecule has 80 valence electrons. The molecule has 0 saturated heterocycles. The van der Waals surface area contributed by atoms with Crippen LogP contribution in [0.25, 0.3) is 0 Å². The van der Waals surface area contributed by atoms with Crippen molar-refractivity contribution < 1.29 is 19.2 Å². The summed E-state index contributed by atoms with van der Waals surface area (Å²) in [5.74, 6) is -1.54. The van der Waals surface area contributed by atoms with E-state index in [2.05, 4.69) is 26.1 Å². The summed E-state index contributed by atoms with van der Waals surface area (Å²) in [6, 6.07) is 0. The van der Waals surface area contributed by atoms with Gasteiger partial charge in [0.1, 0.15) is 0 Å². The van der Waals surface area contributed by atoms with Gasteiger partial charge in [-0.15, -0.1) is 0 Å². The van der Waals surface area contributed by atoms with E-state index in [9.17, 15) is 14.4 Å². The molecule has 2 amide bonds. The highest BCUT2D eigenvalue weighted by Gasteiger charge is 2.10. The van der Waals surface area contributed by atoms with Crippen LogP contribution < -0.4 is 10.8 Å². The van der Waals surface area contributed by atoms with E-state index in [1.165, 1.54) is 0 Å². The standard InChI is InChI=1S/C7H11BrN2O4/c1-4(8)7(13)9-3-6(12)10-14-5(2)11/h4H,3H2,1-2H3,(H,9,13)(H,10,12). The second-order valence-electron chi connectivity index (χ2n) is 2.45. The molecule has 2 N–H and O–H groups in total. The summed E-state index contributed by atoms with van der Waals surface area (Å²) >= 11 is 3.02. The Kier molecular flexibility index (Phi) is 5.86. The molecular formula is C7H11BrN2O4. The van der Waals surface area contributed by atoms with Crippen molar-refractivity contribution in [1.82, 2.24) is 10.8 Å². The molecule has 6 nitrogen and oxygen atoms in total. The van der Waals surface area contributed by atoms with Gasteiger partial charge < -0.3 is 10.2 Å². The number of rotatable bonds is 3. The number of hydrogen-bond donors (Lipinski definition) is 2. The van der Waals surface area contributed by atoms with E-state index >= 15 is 0 Å². The fourth-order valence-electron chi connectivity index (χ4n) is 0.473. The number of alkyl halides is 1. The number of nitrogens with one attached hydrogen (secondary N) is 2. The van der Waals surface area contributed by atoms with Gasteiger partial charge in [-0.1, -0.05) is 15.9 Å². The normalized spacial score (nSPS) is 11.4. The molecule has 0 heterocycles. The molecule has 0 aliphatic heterocycles. The Morgan fingerprint density at radius 3 is 2.43 bits per heavy atom. The van der Waals surface area contributed by atoms with E-state index in [1.54, 1.807) is 6.92 Å². The molecule has 0 saturated carbocycles. The maximum Gasteiger partial charge on any atom is 0.329 e. The lowest BCUT2D eigenvalue weighted by Crippen LogP contribution is -2.39. The minimum atomic E-state index is -0.626. The molecule has 1 atom stereocenters. The van der Waals surface area contributed by atoms with Crippen molar-refractivity contribution in [3.8, 4) is 0 Å². The van der Waals surface area contributed by atoms with Crippen LogP contribution in [0.4, 0.5) is 0 Å². The molecule has 0 spiro atoms. The van der Waals surface area contributed by atoms with Crippen LogP contribution >= 0.6 is 15.9 Å². The van der Waals surface area contributed by atoms with E-state index in [0.717, 1.165) is 6.92 Å². The van der Waals surface area contributed by atoms with Crippen molar-refractivity contribution in [2.45, 2.75) is 18.7 Å². The van der Waals surface area contributed by atoms with Gasteiger partial charge in [0.25, 0.3) is 5.91 Å². The average molecular weight is 267 g/mol. The molecule has 1 unspecified atom stereocenters. The van der Waals surface area contributed by atoms with E-state index in [1.807, 2.05) is 5.48 Å². The van der Waals surface area contributed by atoms with Crippen molar-refractivity contribution in [1.29, 1.82) is 0 Å². The van der Waals surface area contributed by atoms with E-state index < -0.39 is 11.9 Å². The van der Waals surface area contributed by atoms with Crippen LogP contribution in [0.3, 0.4) is 0 Å². The molecule has 0 radical (unpaired) electrons. The third-order valence-corrected chi connectivity index (χ3v) is 1.51. The number of hydrogen-bond acceptors (Lipinski definition) is 4. The molecule has 0 aromatic carbocycles. The predicted octanol–water partition coefficient (Wildman–Crippen LogP) is -0.520. The van der Waals surface area contributed by atoms with Crippen LogP contribution in [-0.4, -0.2) is 29.2 Å². The molecule has 0 aliphatic carbocycles. The first kappa shape index (κ1) is 12.9. The summed E-state index contributed by atoms with van der Waals surface area (Å²) in [6.07, 6.45) is 0. The first-order chi connectivity index (χ1) is 6.43. The summed E-state index contributed by atoms with van der Waals surface area (Å²) in [4.78, 5) is 35.9. The third-order valence-electron chi connectivity index (χ3n) is 1.09. The van der Waals surface area contributed by atoms with Gasteiger partial charge in [-0.3, -0.25) is 14.4 Å². The number of carbonyl (C=O) groups excluding carboxylic acids is 3. The van der Waals surface area contributed by atoms with Crippen LogP contribution in [0.1, 0.15) is 13.8 Å². The van der Waals surface area contributed by atoms with Gasteiger partial charge in [0, 0.05) is 6.92 Å². The molecular weight excluding hydrogens is 256 g/mol. The van der Waals surface area contributed by atoms with Crippen molar-refractivity contribution in [3.05, 3.63) is 0 Å². The van der Waals surface area contributed by atoms with Crippen molar-refractivity contribution in [2.24, 2.45) is 0 Å². The van der Waals surface area contributed by atoms with Gasteiger partial charge in [0.2, 0.25) is 5.91 Å². The number of amides is 2. The zero-order chi connectivity index (χ0) is 11.1. The second-order valence-corrected chi connectivity index (χ2v) is 3.83. The summed E-state index contributed by atoms with van der Waals surface area (Å²) in [5.41, 5.74) is 1.86. The maximum absolute atomic E-state index is 10.9. The van der Waals surface area contributed by atoms with Crippen molar-refractivity contribution in [3.63, 3.8) is 0 Å². The fourth-order valence-corrected chi connectivity index (χ4v) is 0.635. The molecule has 0 fully saturated rings. The Labute approximate surface area is 89.4 Å². The fraction of sp³-hybridized carbons (Fsp3) is 0.571. The molecule has 0 bridgehead atoms. The van der Waals surface area contributed by atoms with Crippen LogP contribution in [-0.2, 0) is 19.2 Å². The minimum absolute atomic E-state index is 0.234. The van der Waals surface area contributed by atoms with E-state index in [4.69, 9.17) is 0 Å². The zero-order valence-corrected chi connectivity index (χ0v) is 9.38. The lowest BCUT2D eigenvalue weighted by Gasteiger charge is -2.06. The first-order valence-electron chi connectivity index (χ1n) is 3.81. The summed E-state index contributed by atoms with van der Waals surface area (Å²) < 4.78 is 0. The Hall–Kier alpha value is -1.11. The van der Waals surface area contributed by atoms with Gasteiger partial charge in [-0.2, -0.15) is 5.48 Å². The van der Waals surface area contributed by atoms with Crippen molar-refractivity contribution >= 4 is 33.7 Å². The van der Waals surface area contributed by atoms with E-state index in [0.29, 0.717) is 0 Å². The molecule has 14 heavy (non-hydrogen) atoms.